The molecule has 3 rings (SSSR count). The fourth-order valence-corrected chi connectivity index (χ4v) is 2.41. The van der Waals surface area contributed by atoms with Gasteiger partial charge in [0.05, 0.1) is 23.9 Å². The zero-order valence-corrected chi connectivity index (χ0v) is 12.0. The van der Waals surface area contributed by atoms with E-state index in [2.05, 4.69) is 9.97 Å². The number of imidazole rings is 1. The van der Waals surface area contributed by atoms with E-state index in [9.17, 15) is 4.79 Å². The summed E-state index contributed by atoms with van der Waals surface area (Å²) < 4.78 is 0. The Morgan fingerprint density at radius 2 is 2.00 bits per heavy atom. The van der Waals surface area contributed by atoms with E-state index in [1.54, 1.807) is 11.2 Å². The Labute approximate surface area is 127 Å². The molecule has 0 aliphatic heterocycles. The van der Waals surface area contributed by atoms with Gasteiger partial charge in [0, 0.05) is 5.69 Å². The summed E-state index contributed by atoms with van der Waals surface area (Å²) in [5.74, 6) is -0.158. The number of benzene rings is 2. The maximum Gasteiger partial charge on any atom is 0.242 e. The average Bonchev–Trinajstić information content (AvgIpc) is 3.00. The number of fused-ring (bicyclic) bond motifs is 1. The Morgan fingerprint density at radius 1 is 1.19 bits per heavy atom. The summed E-state index contributed by atoms with van der Waals surface area (Å²) in [6.07, 6.45) is 1.66. The van der Waals surface area contributed by atoms with Gasteiger partial charge in [-0.3, -0.25) is 4.79 Å². The Morgan fingerprint density at radius 3 is 2.76 bits per heavy atom. The Hall–Kier alpha value is -2.33. The molecule has 0 spiro atoms. The minimum Gasteiger partial charge on any atom is -0.345 e. The smallest absolute Gasteiger partial charge is 0.242 e. The van der Waals surface area contributed by atoms with Crippen LogP contribution < -0.4 is 4.90 Å². The van der Waals surface area contributed by atoms with Gasteiger partial charge in [-0.05, 0) is 29.8 Å². The molecule has 5 heteroatoms. The number of alkyl halides is 1. The molecule has 0 saturated heterocycles. The second kappa shape index (κ2) is 5.97. The van der Waals surface area contributed by atoms with Crippen molar-refractivity contribution < 1.29 is 4.79 Å². The first kappa shape index (κ1) is 13.6. The summed E-state index contributed by atoms with van der Waals surface area (Å²) in [4.78, 5) is 21.1. The van der Waals surface area contributed by atoms with Crippen LogP contribution in [0.5, 0.6) is 0 Å². The number of H-pyrrole nitrogens is 1. The highest BCUT2D eigenvalue weighted by atomic mass is 35.5. The summed E-state index contributed by atoms with van der Waals surface area (Å²) in [6.45, 7) is 0.477. The van der Waals surface area contributed by atoms with Gasteiger partial charge in [0.1, 0.15) is 5.88 Å². The Bertz CT molecular complexity index is 754. The molecule has 0 saturated carbocycles. The average molecular weight is 300 g/mol. The normalized spacial score (nSPS) is 10.7. The van der Waals surface area contributed by atoms with Gasteiger partial charge in [0.15, 0.2) is 0 Å². The highest BCUT2D eigenvalue weighted by Crippen LogP contribution is 2.19. The number of aromatic nitrogens is 2. The van der Waals surface area contributed by atoms with Gasteiger partial charge >= 0.3 is 0 Å². The third-order valence-electron chi connectivity index (χ3n) is 3.31. The first-order valence-corrected chi connectivity index (χ1v) is 7.15. The molecule has 21 heavy (non-hydrogen) atoms. The van der Waals surface area contributed by atoms with E-state index in [0.717, 1.165) is 22.3 Å². The van der Waals surface area contributed by atoms with Crippen molar-refractivity contribution in [2.75, 3.05) is 10.8 Å². The van der Waals surface area contributed by atoms with Crippen LogP contribution in [0, 0.1) is 0 Å². The lowest BCUT2D eigenvalue weighted by atomic mass is 10.1. The number of nitrogens with zero attached hydrogens (tertiary/aromatic N) is 2. The van der Waals surface area contributed by atoms with E-state index in [1.807, 2.05) is 48.5 Å². The second-order valence-electron chi connectivity index (χ2n) is 4.70. The van der Waals surface area contributed by atoms with Crippen molar-refractivity contribution in [3.8, 4) is 0 Å². The number of aromatic amines is 1. The summed E-state index contributed by atoms with van der Waals surface area (Å²) in [5.41, 5.74) is 3.73. The number of amides is 1. The number of hydrogen-bond donors (Lipinski definition) is 1. The van der Waals surface area contributed by atoms with Crippen LogP contribution in [-0.2, 0) is 11.3 Å². The van der Waals surface area contributed by atoms with Gasteiger partial charge in [-0.25, -0.2) is 4.98 Å². The molecule has 1 N–H and O–H groups in total. The molecule has 0 aliphatic rings. The first-order valence-electron chi connectivity index (χ1n) is 6.61. The summed E-state index contributed by atoms with van der Waals surface area (Å²) in [6, 6.07) is 15.4. The molecule has 1 heterocycles. The van der Waals surface area contributed by atoms with Crippen LogP contribution in [0.15, 0.2) is 54.9 Å². The number of carbonyl (C=O) groups excluding carboxylic acids is 1. The van der Waals surface area contributed by atoms with Crippen molar-refractivity contribution in [2.24, 2.45) is 0 Å². The van der Waals surface area contributed by atoms with Crippen LogP contribution in [0.3, 0.4) is 0 Å². The number of para-hydroxylation sites is 1. The lowest BCUT2D eigenvalue weighted by Crippen LogP contribution is -2.31. The van der Waals surface area contributed by atoms with E-state index in [1.165, 1.54) is 0 Å². The predicted molar refractivity (Wildman–Crippen MR) is 84.4 cm³/mol. The van der Waals surface area contributed by atoms with Crippen LogP contribution in [0.25, 0.3) is 11.0 Å². The van der Waals surface area contributed by atoms with E-state index in [4.69, 9.17) is 11.6 Å². The van der Waals surface area contributed by atoms with Gasteiger partial charge in [0.2, 0.25) is 5.91 Å². The topological polar surface area (TPSA) is 49.0 Å². The quantitative estimate of drug-likeness (QED) is 0.751. The fraction of sp³-hybridized carbons (Fsp3) is 0.125. The maximum atomic E-state index is 12.1. The van der Waals surface area contributed by atoms with E-state index < -0.39 is 0 Å². The van der Waals surface area contributed by atoms with Crippen LogP contribution in [0.2, 0.25) is 0 Å². The van der Waals surface area contributed by atoms with E-state index in [-0.39, 0.29) is 11.8 Å². The van der Waals surface area contributed by atoms with Crippen LogP contribution in [-0.4, -0.2) is 21.8 Å². The van der Waals surface area contributed by atoms with Gasteiger partial charge < -0.3 is 9.88 Å². The van der Waals surface area contributed by atoms with E-state index >= 15 is 0 Å². The van der Waals surface area contributed by atoms with Crippen LogP contribution in [0.4, 0.5) is 5.69 Å². The van der Waals surface area contributed by atoms with Gasteiger partial charge in [0.25, 0.3) is 0 Å². The van der Waals surface area contributed by atoms with Crippen molar-refractivity contribution in [3.05, 3.63) is 60.4 Å². The van der Waals surface area contributed by atoms with Crippen molar-refractivity contribution in [1.82, 2.24) is 9.97 Å². The summed E-state index contributed by atoms with van der Waals surface area (Å²) in [7, 11) is 0. The molecule has 1 aromatic heterocycles. The van der Waals surface area contributed by atoms with Crippen molar-refractivity contribution in [1.29, 1.82) is 0 Å². The van der Waals surface area contributed by atoms with Crippen molar-refractivity contribution >= 4 is 34.2 Å². The highest BCUT2D eigenvalue weighted by molar-refractivity contribution is 6.29. The zero-order chi connectivity index (χ0) is 14.7. The number of hydrogen-bond acceptors (Lipinski definition) is 2. The standard InChI is InChI=1S/C16H14ClN3O/c17-9-16(21)20(13-4-2-1-3-5-13)10-12-6-7-14-15(8-12)19-11-18-14/h1-8,11H,9-10H2,(H,18,19). The summed E-state index contributed by atoms with van der Waals surface area (Å²) in [5, 5.41) is 0. The number of nitrogens with one attached hydrogen (secondary N) is 1. The number of carbonyl (C=O) groups is 1. The van der Waals surface area contributed by atoms with Crippen molar-refractivity contribution in [2.45, 2.75) is 6.54 Å². The largest absolute Gasteiger partial charge is 0.345 e. The van der Waals surface area contributed by atoms with Gasteiger partial charge in [-0.15, -0.1) is 11.6 Å². The lowest BCUT2D eigenvalue weighted by molar-refractivity contribution is -0.116. The Kier molecular flexibility index (Phi) is 3.88. The molecule has 106 valence electrons. The SMILES string of the molecule is O=C(CCl)N(Cc1ccc2nc[nH]c2c1)c1ccccc1. The molecular weight excluding hydrogens is 286 g/mol. The molecule has 0 unspecified atom stereocenters. The van der Waals surface area contributed by atoms with Gasteiger partial charge in [-0.1, -0.05) is 24.3 Å². The molecule has 0 aliphatic carbocycles. The minimum atomic E-state index is -0.118. The molecule has 0 radical (unpaired) electrons. The third kappa shape index (κ3) is 2.90. The molecule has 3 aromatic rings. The molecule has 0 fully saturated rings. The first-order chi connectivity index (χ1) is 10.3. The van der Waals surface area contributed by atoms with Gasteiger partial charge in [-0.2, -0.15) is 0 Å². The number of anilines is 1. The molecule has 2 aromatic carbocycles. The fourth-order valence-electron chi connectivity index (χ4n) is 2.27. The minimum absolute atomic E-state index is 0.0405. The zero-order valence-electron chi connectivity index (χ0n) is 11.3. The lowest BCUT2D eigenvalue weighted by Gasteiger charge is -2.22. The molecule has 4 nitrogen and oxygen atoms in total. The number of halogens is 1. The molecular formula is C16H14ClN3O. The number of rotatable bonds is 4. The molecule has 0 bridgehead atoms. The van der Waals surface area contributed by atoms with E-state index in [0.29, 0.717) is 6.54 Å². The third-order valence-corrected chi connectivity index (χ3v) is 3.54. The van der Waals surface area contributed by atoms with Crippen LogP contribution in [0.1, 0.15) is 5.56 Å². The molecule has 0 atom stereocenters. The van der Waals surface area contributed by atoms with Crippen LogP contribution >= 0.6 is 11.6 Å². The second-order valence-corrected chi connectivity index (χ2v) is 4.97. The Balaban J connectivity index is 1.92. The van der Waals surface area contributed by atoms with Crippen molar-refractivity contribution in [3.63, 3.8) is 0 Å². The summed E-state index contributed by atoms with van der Waals surface area (Å²) >= 11 is 5.73. The maximum absolute atomic E-state index is 12.1. The molecule has 1 amide bonds. The predicted octanol–water partition coefficient (Wildman–Crippen LogP) is 3.33. The monoisotopic (exact) mass is 299 g/mol. The highest BCUT2D eigenvalue weighted by Gasteiger charge is 2.15.